The van der Waals surface area contributed by atoms with Gasteiger partial charge in [0, 0.05) is 16.6 Å². The summed E-state index contributed by atoms with van der Waals surface area (Å²) >= 11 is 3.30. The van der Waals surface area contributed by atoms with Crippen molar-refractivity contribution in [1.82, 2.24) is 0 Å². The summed E-state index contributed by atoms with van der Waals surface area (Å²) in [6.45, 7) is 0. The van der Waals surface area contributed by atoms with Gasteiger partial charge >= 0.3 is 0 Å². The molecule has 0 spiro atoms. The number of halogens is 1. The van der Waals surface area contributed by atoms with Gasteiger partial charge in [0.05, 0.1) is 32.6 Å². The van der Waals surface area contributed by atoms with Crippen molar-refractivity contribution in [3.63, 3.8) is 0 Å². The Morgan fingerprint density at radius 2 is 1.63 bits per heavy atom. The van der Waals surface area contributed by atoms with E-state index >= 15 is 0 Å². The van der Waals surface area contributed by atoms with Crippen molar-refractivity contribution in [2.45, 2.75) is 5.75 Å². The Labute approximate surface area is 167 Å². The summed E-state index contributed by atoms with van der Waals surface area (Å²) in [4.78, 5) is -0.382. The molecular weight excluding hydrogens is 434 g/mol. The van der Waals surface area contributed by atoms with E-state index < -0.39 is 9.84 Å². The molecule has 0 aliphatic heterocycles. The van der Waals surface area contributed by atoms with Crippen LogP contribution in [-0.2, 0) is 15.6 Å². The Hall–Kier alpha value is -2.50. The first-order valence-electron chi connectivity index (χ1n) is 7.73. The smallest absolute Gasteiger partial charge is 0.192 e. The first kappa shape index (κ1) is 20.8. The predicted octanol–water partition coefficient (Wildman–Crippen LogP) is 3.95. The SMILES string of the molecule is COc1cc(OC)c(/C=C(\C#N)S(=O)(=O)Cc2ccc(Br)cc2)c(OC)c1. The highest BCUT2D eigenvalue weighted by Gasteiger charge is 2.21. The van der Waals surface area contributed by atoms with Crippen molar-refractivity contribution in [2.75, 3.05) is 21.3 Å². The topological polar surface area (TPSA) is 85.6 Å². The lowest BCUT2D eigenvalue weighted by molar-refractivity contribution is 0.374. The van der Waals surface area contributed by atoms with Crippen LogP contribution in [0, 0.1) is 11.3 Å². The number of benzene rings is 2. The fourth-order valence-electron chi connectivity index (χ4n) is 2.38. The molecule has 0 heterocycles. The second kappa shape index (κ2) is 8.93. The number of nitriles is 1. The minimum absolute atomic E-state index is 0.291. The van der Waals surface area contributed by atoms with Crippen LogP contribution in [0.4, 0.5) is 0 Å². The molecule has 0 unspecified atom stereocenters. The van der Waals surface area contributed by atoms with Crippen LogP contribution in [0.5, 0.6) is 17.2 Å². The molecule has 0 aliphatic carbocycles. The number of sulfone groups is 1. The zero-order valence-electron chi connectivity index (χ0n) is 15.0. The highest BCUT2D eigenvalue weighted by molar-refractivity contribution is 9.10. The van der Waals surface area contributed by atoms with Crippen LogP contribution < -0.4 is 14.2 Å². The fourth-order valence-corrected chi connectivity index (χ4v) is 3.86. The molecule has 0 saturated heterocycles. The molecule has 6 nitrogen and oxygen atoms in total. The lowest BCUT2D eigenvalue weighted by Gasteiger charge is -2.13. The van der Waals surface area contributed by atoms with Crippen molar-refractivity contribution in [2.24, 2.45) is 0 Å². The molecule has 0 N–H and O–H groups in total. The third kappa shape index (κ3) is 5.02. The number of hydrogen-bond donors (Lipinski definition) is 0. The van der Waals surface area contributed by atoms with Gasteiger partial charge in [-0.05, 0) is 23.8 Å². The Morgan fingerprint density at radius 1 is 1.07 bits per heavy atom. The van der Waals surface area contributed by atoms with Crippen LogP contribution >= 0.6 is 15.9 Å². The Kier molecular flexibility index (Phi) is 6.88. The molecule has 0 amide bonds. The van der Waals surface area contributed by atoms with Gasteiger partial charge in [0.2, 0.25) is 0 Å². The molecule has 0 saturated carbocycles. The summed E-state index contributed by atoms with van der Waals surface area (Å²) in [7, 11) is 0.510. The van der Waals surface area contributed by atoms with Crippen LogP contribution in [0.1, 0.15) is 11.1 Å². The average molecular weight is 452 g/mol. The van der Waals surface area contributed by atoms with Crippen LogP contribution in [0.2, 0.25) is 0 Å². The number of hydrogen-bond acceptors (Lipinski definition) is 6. The van der Waals surface area contributed by atoms with Gasteiger partial charge in [-0.3, -0.25) is 0 Å². The quantitative estimate of drug-likeness (QED) is 0.592. The van der Waals surface area contributed by atoms with Gasteiger partial charge in [-0.1, -0.05) is 28.1 Å². The first-order chi connectivity index (χ1) is 12.8. The molecule has 8 heteroatoms. The molecule has 0 atom stereocenters. The highest BCUT2D eigenvalue weighted by atomic mass is 79.9. The van der Waals surface area contributed by atoms with Crippen LogP contribution in [-0.4, -0.2) is 29.7 Å². The minimum atomic E-state index is -3.86. The van der Waals surface area contributed by atoms with E-state index in [1.807, 2.05) is 0 Å². The molecule has 0 aliphatic rings. The second-order valence-electron chi connectivity index (χ2n) is 5.45. The lowest BCUT2D eigenvalue weighted by Crippen LogP contribution is -2.07. The van der Waals surface area contributed by atoms with E-state index in [4.69, 9.17) is 14.2 Å². The van der Waals surface area contributed by atoms with Crippen molar-refractivity contribution in [1.29, 1.82) is 5.26 Å². The summed E-state index contributed by atoms with van der Waals surface area (Å²) < 4.78 is 42.1. The number of rotatable bonds is 7. The van der Waals surface area contributed by atoms with Crippen LogP contribution in [0.15, 0.2) is 45.8 Å². The summed E-state index contributed by atoms with van der Waals surface area (Å²) in [5.74, 6) is 0.855. The van der Waals surface area contributed by atoms with E-state index in [-0.39, 0.29) is 10.7 Å². The molecule has 0 bridgehead atoms. The largest absolute Gasteiger partial charge is 0.496 e. The van der Waals surface area contributed by atoms with E-state index in [0.717, 1.165) is 4.47 Å². The summed E-state index contributed by atoms with van der Waals surface area (Å²) in [5.41, 5.74) is 0.921. The molecule has 27 heavy (non-hydrogen) atoms. The monoisotopic (exact) mass is 451 g/mol. The number of allylic oxidation sites excluding steroid dienone is 1. The predicted molar refractivity (Wildman–Crippen MR) is 106 cm³/mol. The van der Waals surface area contributed by atoms with Crippen LogP contribution in [0.3, 0.4) is 0 Å². The molecule has 142 valence electrons. The van der Waals surface area contributed by atoms with Crippen LogP contribution in [0.25, 0.3) is 6.08 Å². The number of ether oxygens (including phenoxy) is 3. The fraction of sp³-hybridized carbons (Fsp3) is 0.211. The molecule has 0 fully saturated rings. The standard InChI is InChI=1S/C19H18BrNO5S/c1-24-15-8-18(25-2)17(19(9-15)26-3)10-16(11-21)27(22,23)12-13-4-6-14(20)7-5-13/h4-10H,12H2,1-3H3/b16-10+. The van der Waals surface area contributed by atoms with E-state index in [2.05, 4.69) is 15.9 Å². The maximum atomic E-state index is 12.7. The van der Waals surface area contributed by atoms with Crippen molar-refractivity contribution in [3.05, 3.63) is 56.9 Å². The molecule has 0 radical (unpaired) electrons. The molecule has 0 aromatic heterocycles. The summed E-state index contributed by atoms with van der Waals surface area (Å²) in [5, 5.41) is 9.46. The van der Waals surface area contributed by atoms with Gasteiger partial charge in [0.15, 0.2) is 9.84 Å². The molecule has 2 aromatic carbocycles. The Morgan fingerprint density at radius 3 is 2.07 bits per heavy atom. The van der Waals surface area contributed by atoms with Gasteiger partial charge in [-0.2, -0.15) is 5.26 Å². The minimum Gasteiger partial charge on any atom is -0.496 e. The van der Waals surface area contributed by atoms with Gasteiger partial charge in [0.25, 0.3) is 0 Å². The van der Waals surface area contributed by atoms with Gasteiger partial charge in [0.1, 0.15) is 28.2 Å². The Bertz CT molecular complexity index is 967. The highest BCUT2D eigenvalue weighted by Crippen LogP contribution is 2.36. The summed E-state index contributed by atoms with van der Waals surface area (Å²) in [6.07, 6.45) is 1.26. The number of methoxy groups -OCH3 is 3. The zero-order valence-corrected chi connectivity index (χ0v) is 17.4. The van der Waals surface area contributed by atoms with E-state index in [1.54, 1.807) is 42.5 Å². The maximum absolute atomic E-state index is 12.7. The van der Waals surface area contributed by atoms with Gasteiger partial charge in [-0.25, -0.2) is 8.42 Å². The average Bonchev–Trinajstić information content (AvgIpc) is 2.66. The van der Waals surface area contributed by atoms with Gasteiger partial charge < -0.3 is 14.2 Å². The maximum Gasteiger partial charge on any atom is 0.192 e. The zero-order chi connectivity index (χ0) is 20.0. The normalized spacial score (nSPS) is 11.6. The summed E-state index contributed by atoms with van der Waals surface area (Å²) in [6, 6.07) is 11.8. The van der Waals surface area contributed by atoms with Crippen molar-refractivity contribution >= 4 is 31.8 Å². The van der Waals surface area contributed by atoms with E-state index in [9.17, 15) is 13.7 Å². The van der Waals surface area contributed by atoms with E-state index in [1.165, 1.54) is 27.4 Å². The van der Waals surface area contributed by atoms with Crippen molar-refractivity contribution < 1.29 is 22.6 Å². The third-order valence-electron chi connectivity index (χ3n) is 3.74. The number of nitrogens with zero attached hydrogens (tertiary/aromatic N) is 1. The van der Waals surface area contributed by atoms with Crippen molar-refractivity contribution in [3.8, 4) is 23.3 Å². The Balaban J connectivity index is 2.51. The third-order valence-corrected chi connectivity index (χ3v) is 5.87. The molecule has 2 rings (SSSR count). The molecular formula is C19H18BrNO5S. The van der Waals surface area contributed by atoms with Gasteiger partial charge in [-0.15, -0.1) is 0 Å². The van der Waals surface area contributed by atoms with E-state index in [0.29, 0.717) is 28.4 Å². The molecule has 2 aromatic rings. The lowest BCUT2D eigenvalue weighted by atomic mass is 10.1. The first-order valence-corrected chi connectivity index (χ1v) is 10.2. The second-order valence-corrected chi connectivity index (χ2v) is 8.33.